The quantitative estimate of drug-likeness (QED) is 0.0199. The van der Waals surface area contributed by atoms with Gasteiger partial charge in [-0.2, -0.15) is 0 Å². The number of ether oxygens (including phenoxy) is 3. The average Bonchev–Trinajstić information content (AvgIpc) is 3.35. The van der Waals surface area contributed by atoms with E-state index in [-0.39, 0.29) is 37.5 Å². The van der Waals surface area contributed by atoms with Crippen LogP contribution in [0, 0.1) is 0 Å². The molecule has 0 rings (SSSR count). The van der Waals surface area contributed by atoms with Gasteiger partial charge in [-0.3, -0.25) is 14.4 Å². The first kappa shape index (κ1) is 65.1. The summed E-state index contributed by atoms with van der Waals surface area (Å²) >= 11 is 0. The van der Waals surface area contributed by atoms with Crippen molar-refractivity contribution in [1.82, 2.24) is 0 Å². The number of rotatable bonds is 50. The molecule has 0 bridgehead atoms. The van der Waals surface area contributed by atoms with E-state index in [9.17, 15) is 14.4 Å². The fraction of sp³-hybridized carbons (Fsp3) is 0.667. The standard InChI is InChI=1S/C63H104O6/c1-4-7-10-13-16-19-22-25-28-30-31-33-35-38-41-44-47-50-53-56-62(65)68-59-60(58-67-61(64)55-52-49-46-43-40-37-34-27-24-21-18-15-12-9-6-3)69-63(66)57-54-51-48-45-42-39-36-32-29-26-23-20-17-14-11-8-5-2/h9,12,15,17-18,20-21,24,26-27,29-31,34,36,39,45,48,60H,4-8,10-11,13-14,16,19,22-23,25,28,32-33,35,37-38,40-44,46-47,49-59H2,1-3H3/b12-9-,18-15-,20-17-,24-21-,29-26-,31-30-,34-27-,39-36-,48-45-. The predicted molar refractivity (Wildman–Crippen MR) is 297 cm³/mol. The lowest BCUT2D eigenvalue weighted by Crippen LogP contribution is -2.30. The molecule has 6 heteroatoms. The van der Waals surface area contributed by atoms with Gasteiger partial charge in [0.1, 0.15) is 13.2 Å². The minimum absolute atomic E-state index is 0.111. The van der Waals surface area contributed by atoms with Crippen LogP contribution < -0.4 is 0 Å². The highest BCUT2D eigenvalue weighted by Crippen LogP contribution is 2.14. The van der Waals surface area contributed by atoms with Crippen LogP contribution in [0.5, 0.6) is 0 Å². The van der Waals surface area contributed by atoms with Crippen LogP contribution in [-0.4, -0.2) is 37.2 Å². The third-order valence-electron chi connectivity index (χ3n) is 11.8. The fourth-order valence-electron chi connectivity index (χ4n) is 7.56. The summed E-state index contributed by atoms with van der Waals surface area (Å²) in [4.78, 5) is 38.1. The summed E-state index contributed by atoms with van der Waals surface area (Å²) < 4.78 is 16.8. The molecule has 0 amide bonds. The van der Waals surface area contributed by atoms with E-state index >= 15 is 0 Å². The van der Waals surface area contributed by atoms with Crippen molar-refractivity contribution in [3.05, 3.63) is 109 Å². The van der Waals surface area contributed by atoms with Crippen LogP contribution in [0.3, 0.4) is 0 Å². The maximum Gasteiger partial charge on any atom is 0.306 e. The second kappa shape index (κ2) is 56.7. The summed E-state index contributed by atoms with van der Waals surface area (Å²) in [6, 6.07) is 0. The second-order valence-corrected chi connectivity index (χ2v) is 18.5. The Labute approximate surface area is 425 Å². The molecule has 1 atom stereocenters. The summed E-state index contributed by atoms with van der Waals surface area (Å²) in [7, 11) is 0. The highest BCUT2D eigenvalue weighted by atomic mass is 16.6. The zero-order valence-corrected chi connectivity index (χ0v) is 44.8. The Kier molecular flexibility index (Phi) is 53.4. The zero-order valence-electron chi connectivity index (χ0n) is 44.8. The second-order valence-electron chi connectivity index (χ2n) is 18.5. The van der Waals surface area contributed by atoms with Crippen molar-refractivity contribution in [2.45, 2.75) is 258 Å². The van der Waals surface area contributed by atoms with Gasteiger partial charge in [0, 0.05) is 19.3 Å². The Morgan fingerprint density at radius 3 is 1.10 bits per heavy atom. The first-order valence-corrected chi connectivity index (χ1v) is 28.4. The molecule has 0 aliphatic carbocycles. The Bertz CT molecular complexity index is 1420. The minimum Gasteiger partial charge on any atom is -0.462 e. The molecule has 0 spiro atoms. The maximum absolute atomic E-state index is 12.8. The average molecular weight is 958 g/mol. The largest absolute Gasteiger partial charge is 0.462 e. The van der Waals surface area contributed by atoms with E-state index in [4.69, 9.17) is 14.2 Å². The Balaban J connectivity index is 4.51. The molecule has 0 aliphatic heterocycles. The molecule has 0 saturated carbocycles. The molecular formula is C63H104O6. The van der Waals surface area contributed by atoms with Crippen LogP contribution in [0.25, 0.3) is 0 Å². The van der Waals surface area contributed by atoms with Crippen LogP contribution in [-0.2, 0) is 28.6 Å². The number of esters is 3. The molecule has 0 fully saturated rings. The van der Waals surface area contributed by atoms with Gasteiger partial charge in [0.05, 0.1) is 0 Å². The van der Waals surface area contributed by atoms with E-state index in [2.05, 4.69) is 112 Å². The van der Waals surface area contributed by atoms with Gasteiger partial charge < -0.3 is 14.2 Å². The van der Waals surface area contributed by atoms with Gasteiger partial charge >= 0.3 is 17.9 Å². The van der Waals surface area contributed by atoms with Gasteiger partial charge in [-0.25, -0.2) is 0 Å². The van der Waals surface area contributed by atoms with Crippen molar-refractivity contribution in [3.63, 3.8) is 0 Å². The predicted octanol–water partition coefficient (Wildman–Crippen LogP) is 19.1. The van der Waals surface area contributed by atoms with E-state index in [0.29, 0.717) is 19.3 Å². The van der Waals surface area contributed by atoms with Crippen LogP contribution in [0.4, 0.5) is 0 Å². The molecule has 6 nitrogen and oxygen atoms in total. The number of hydrogen-bond donors (Lipinski definition) is 0. The normalized spacial score (nSPS) is 12.9. The molecule has 0 aromatic carbocycles. The van der Waals surface area contributed by atoms with Gasteiger partial charge in [-0.15, -0.1) is 0 Å². The van der Waals surface area contributed by atoms with Gasteiger partial charge in [0.15, 0.2) is 6.10 Å². The minimum atomic E-state index is -0.821. The smallest absolute Gasteiger partial charge is 0.306 e. The van der Waals surface area contributed by atoms with Crippen molar-refractivity contribution in [3.8, 4) is 0 Å². The van der Waals surface area contributed by atoms with E-state index in [1.54, 1.807) is 0 Å². The van der Waals surface area contributed by atoms with Gasteiger partial charge in [0.2, 0.25) is 0 Å². The third-order valence-corrected chi connectivity index (χ3v) is 11.8. The summed E-state index contributed by atoms with van der Waals surface area (Å²) in [5, 5.41) is 0. The van der Waals surface area contributed by atoms with E-state index < -0.39 is 6.10 Å². The molecule has 0 N–H and O–H groups in total. The number of carbonyl (C=O) groups excluding carboxylic acids is 3. The molecule has 0 saturated heterocycles. The van der Waals surface area contributed by atoms with E-state index in [0.717, 1.165) is 89.9 Å². The highest BCUT2D eigenvalue weighted by molar-refractivity contribution is 5.71. The van der Waals surface area contributed by atoms with Crippen LogP contribution in [0.2, 0.25) is 0 Å². The summed E-state index contributed by atoms with van der Waals surface area (Å²) in [5.41, 5.74) is 0. The Hall–Kier alpha value is -3.93. The molecule has 69 heavy (non-hydrogen) atoms. The fourth-order valence-corrected chi connectivity index (χ4v) is 7.56. The monoisotopic (exact) mass is 957 g/mol. The maximum atomic E-state index is 12.8. The topological polar surface area (TPSA) is 78.9 Å². The van der Waals surface area contributed by atoms with Gasteiger partial charge in [-0.1, -0.05) is 239 Å². The molecule has 0 aromatic rings. The molecule has 0 aliphatic rings. The zero-order chi connectivity index (χ0) is 50.0. The third kappa shape index (κ3) is 54.9. The SMILES string of the molecule is CC\C=C/C=C\C=C/C=C\CCCCCCCC(=O)OCC(COC(=O)CCCCCCCCC/C=C\CCCCCCCCCC)OC(=O)CCC/C=C\C/C=C\C/C=C\C/C=C\CCCCC. The lowest BCUT2D eigenvalue weighted by Gasteiger charge is -2.18. The molecule has 0 radical (unpaired) electrons. The Morgan fingerprint density at radius 1 is 0.319 bits per heavy atom. The number of allylic oxidation sites excluding steroid dienone is 18. The molecule has 1 unspecified atom stereocenters. The first-order valence-electron chi connectivity index (χ1n) is 28.4. The van der Waals surface area contributed by atoms with E-state index in [1.807, 2.05) is 18.2 Å². The van der Waals surface area contributed by atoms with E-state index in [1.165, 1.54) is 116 Å². The summed E-state index contributed by atoms with van der Waals surface area (Å²) in [6.45, 7) is 6.41. The first-order chi connectivity index (χ1) is 34.0. The Morgan fingerprint density at radius 2 is 0.638 bits per heavy atom. The summed E-state index contributed by atoms with van der Waals surface area (Å²) in [5.74, 6) is -0.996. The van der Waals surface area contributed by atoms with Crippen molar-refractivity contribution in [1.29, 1.82) is 0 Å². The molecule has 0 aromatic heterocycles. The van der Waals surface area contributed by atoms with Crippen molar-refractivity contribution < 1.29 is 28.6 Å². The lowest BCUT2D eigenvalue weighted by molar-refractivity contribution is -0.167. The van der Waals surface area contributed by atoms with Gasteiger partial charge in [-0.05, 0) is 103 Å². The van der Waals surface area contributed by atoms with Gasteiger partial charge in [0.25, 0.3) is 0 Å². The van der Waals surface area contributed by atoms with Crippen LogP contribution >= 0.6 is 0 Å². The van der Waals surface area contributed by atoms with Crippen molar-refractivity contribution in [2.24, 2.45) is 0 Å². The van der Waals surface area contributed by atoms with Crippen LogP contribution in [0.1, 0.15) is 252 Å². The summed E-state index contributed by atoms with van der Waals surface area (Å²) in [6.07, 6.45) is 76.5. The molecule has 0 heterocycles. The highest BCUT2D eigenvalue weighted by Gasteiger charge is 2.19. The number of hydrogen-bond acceptors (Lipinski definition) is 6. The lowest BCUT2D eigenvalue weighted by atomic mass is 10.1. The molecule has 392 valence electrons. The van der Waals surface area contributed by atoms with Crippen LogP contribution in [0.15, 0.2) is 109 Å². The van der Waals surface area contributed by atoms with Crippen molar-refractivity contribution in [2.75, 3.05) is 13.2 Å². The molecular weight excluding hydrogens is 853 g/mol. The number of carbonyl (C=O) groups is 3. The van der Waals surface area contributed by atoms with Crippen molar-refractivity contribution >= 4 is 17.9 Å². The number of unbranched alkanes of at least 4 members (excludes halogenated alkanes) is 24.